The van der Waals surface area contributed by atoms with Crippen LogP contribution < -0.4 is 9.94 Å². The van der Waals surface area contributed by atoms with Gasteiger partial charge in [-0.05, 0) is 11.4 Å². The molecule has 3 nitrogen and oxygen atoms in total. The number of pyridine rings is 1. The van der Waals surface area contributed by atoms with Crippen LogP contribution >= 0.6 is 0 Å². The second-order valence-electron chi connectivity index (χ2n) is 1.94. The summed E-state index contributed by atoms with van der Waals surface area (Å²) < 4.78 is 14.5. The van der Waals surface area contributed by atoms with E-state index >= 15 is 0 Å². The lowest BCUT2D eigenvalue weighted by molar-refractivity contribution is 0.600. The van der Waals surface area contributed by atoms with Gasteiger partial charge < -0.3 is 8.93 Å². The first-order valence-electron chi connectivity index (χ1n) is 2.83. The third-order valence-electron chi connectivity index (χ3n) is 1.33. The molecule has 4 heteroatoms. The molecular weight excluding hydrogens is 148 g/mol. The molecule has 52 valence electrons. The number of hydrogen-bond donors (Lipinski definition) is 1. The molecule has 1 aliphatic heterocycles. The average Bonchev–Trinajstić information content (AvgIpc) is 2.34. The van der Waals surface area contributed by atoms with Crippen molar-refractivity contribution < 1.29 is 4.21 Å². The molecule has 0 aliphatic carbocycles. The summed E-state index contributed by atoms with van der Waals surface area (Å²) in [5.74, 6) is 0. The van der Waals surface area contributed by atoms with E-state index in [0.717, 1.165) is 9.73 Å². The zero-order valence-electron chi connectivity index (χ0n) is 5.07. The van der Waals surface area contributed by atoms with Crippen LogP contribution in [-0.4, -0.2) is 4.98 Å². The molecule has 0 aromatic carbocycles. The number of aromatic nitrogens is 1. The maximum atomic E-state index is 11.0. The molecule has 0 unspecified atom stereocenters. The minimum absolute atomic E-state index is 0.815. The highest BCUT2D eigenvalue weighted by Crippen LogP contribution is 1.83. The fourth-order valence-corrected chi connectivity index (χ4v) is 1.72. The largest absolute Gasteiger partial charge is 0.454 e. The van der Waals surface area contributed by atoms with Crippen molar-refractivity contribution in [3.8, 4) is 0 Å². The molecule has 0 spiro atoms. The molecule has 1 N–H and O–H groups in total. The molecule has 0 saturated carbocycles. The third kappa shape index (κ3) is 0.690. The van der Waals surface area contributed by atoms with Crippen molar-refractivity contribution in [3.63, 3.8) is 0 Å². The van der Waals surface area contributed by atoms with Gasteiger partial charge in [-0.1, -0.05) is 10.6 Å². The fraction of sp³-hybridized carbons (Fsp3) is 0. The Balaban J connectivity index is 3.11. The minimum Gasteiger partial charge on any atom is -0.454 e. The summed E-state index contributed by atoms with van der Waals surface area (Å²) in [6.45, 7) is 0. The normalized spacial score (nSPS) is 15.6. The van der Waals surface area contributed by atoms with E-state index in [9.17, 15) is 4.21 Å². The number of rotatable bonds is 0. The van der Waals surface area contributed by atoms with Crippen LogP contribution in [0.2, 0.25) is 0 Å². The number of fused-ring (bicyclic) bond motifs is 1. The highest BCUT2D eigenvalue weighted by atomic mass is 32.2. The molecule has 2 heterocycles. The summed E-state index contributed by atoms with van der Waals surface area (Å²) in [5, 5.41) is 0.917. The predicted molar refractivity (Wildman–Crippen MR) is 38.4 cm³/mol. The van der Waals surface area contributed by atoms with Crippen molar-refractivity contribution in [2.45, 2.75) is 0 Å². The van der Waals surface area contributed by atoms with E-state index in [4.69, 9.17) is 0 Å². The second-order valence-corrected chi connectivity index (χ2v) is 3.16. The number of hydrogen-bond acceptors (Lipinski definition) is 3. The summed E-state index contributed by atoms with van der Waals surface area (Å²) in [6.07, 6.45) is 5.03. The van der Waals surface area contributed by atoms with Crippen LogP contribution in [0.4, 0.5) is 0 Å². The highest BCUT2D eigenvalue weighted by Gasteiger charge is 1.84. The zero-order valence-corrected chi connectivity index (χ0v) is 5.89. The Morgan fingerprint density at radius 3 is 3.30 bits per heavy atom. The van der Waals surface area contributed by atoms with Crippen molar-refractivity contribution in [2.75, 3.05) is 0 Å². The lowest BCUT2D eigenvalue weighted by atomic mass is 10.4. The first kappa shape index (κ1) is 5.73. The Morgan fingerprint density at radius 2 is 2.50 bits per heavy atom. The van der Waals surface area contributed by atoms with Crippen LogP contribution in [0.1, 0.15) is 0 Å². The first-order chi connectivity index (χ1) is 4.88. The van der Waals surface area contributed by atoms with Gasteiger partial charge >= 0.3 is 0 Å². The van der Waals surface area contributed by atoms with Crippen molar-refractivity contribution >= 4 is 16.8 Å². The average molecular weight is 153 g/mol. The molecule has 1 aromatic rings. The van der Waals surface area contributed by atoms with Gasteiger partial charge in [0.05, 0.1) is 0 Å². The molecule has 0 amide bonds. The van der Waals surface area contributed by atoms with Crippen LogP contribution in [0.25, 0.3) is 6.20 Å². The molecule has 0 saturated heterocycles. The Labute approximate surface area is 59.6 Å². The van der Waals surface area contributed by atoms with E-state index in [1.807, 2.05) is 0 Å². The fourth-order valence-electron chi connectivity index (χ4n) is 0.852. The lowest BCUT2D eigenvalue weighted by Gasteiger charge is -1.93. The maximum absolute atomic E-state index is 11.0. The van der Waals surface area contributed by atoms with Gasteiger partial charge in [0, 0.05) is 12.4 Å². The second kappa shape index (κ2) is 1.98. The maximum Gasteiger partial charge on any atom is 0.0339 e. The van der Waals surface area contributed by atoms with Gasteiger partial charge in [0.25, 0.3) is 0 Å². The van der Waals surface area contributed by atoms with Crippen molar-refractivity contribution in [3.05, 3.63) is 28.2 Å². The van der Waals surface area contributed by atoms with Gasteiger partial charge in [0.15, 0.2) is 0 Å². The van der Waals surface area contributed by atoms with E-state index in [-0.39, 0.29) is 0 Å². The Hall–Kier alpha value is -1.03. The molecule has 0 fully saturated rings. The van der Waals surface area contributed by atoms with E-state index < -0.39 is 10.6 Å². The SMILES string of the molecule is O=[S-]1=c2ccncc2=CN1. The standard InChI is InChI=1S/C6H5N2OS/c9-10-6-1-2-7-3-5(6)4-8-10/h1-4H,(H,8,9)/q-1. The lowest BCUT2D eigenvalue weighted by Crippen LogP contribution is -2.00. The number of nitrogens with zero attached hydrogens (tertiary/aromatic N) is 1. The van der Waals surface area contributed by atoms with Crippen molar-refractivity contribution in [1.82, 2.24) is 9.71 Å². The number of nitrogens with one attached hydrogen (secondary N) is 1. The van der Waals surface area contributed by atoms with Crippen LogP contribution in [0.5, 0.6) is 0 Å². The summed E-state index contributed by atoms with van der Waals surface area (Å²) in [7, 11) is -1.04. The predicted octanol–water partition coefficient (Wildman–Crippen LogP) is -0.448. The van der Waals surface area contributed by atoms with Crippen molar-refractivity contribution in [1.29, 1.82) is 0 Å². The van der Waals surface area contributed by atoms with Crippen LogP contribution in [0.15, 0.2) is 18.5 Å². The summed E-state index contributed by atoms with van der Waals surface area (Å²) in [6, 6.07) is 1.75. The Bertz CT molecular complexity index is 420. The highest BCUT2D eigenvalue weighted by molar-refractivity contribution is 7.75. The van der Waals surface area contributed by atoms with Gasteiger partial charge in [-0.2, -0.15) is 10.6 Å². The topological polar surface area (TPSA) is 42.0 Å². The molecule has 1 aliphatic rings. The van der Waals surface area contributed by atoms with E-state index in [0.29, 0.717) is 0 Å². The summed E-state index contributed by atoms with van der Waals surface area (Å²) in [5.41, 5.74) is 0. The summed E-state index contributed by atoms with van der Waals surface area (Å²) in [4.78, 5) is 3.89. The molecule has 2 rings (SSSR count). The van der Waals surface area contributed by atoms with Gasteiger partial charge in [-0.25, -0.2) is 0 Å². The van der Waals surface area contributed by atoms with Gasteiger partial charge in [-0.15, -0.1) is 0 Å². The third-order valence-corrected chi connectivity index (χ3v) is 2.43. The van der Waals surface area contributed by atoms with Gasteiger partial charge in [-0.3, -0.25) is 4.98 Å². The van der Waals surface area contributed by atoms with Gasteiger partial charge in [0.2, 0.25) is 0 Å². The minimum atomic E-state index is -1.04. The Kier molecular flexibility index (Phi) is 1.14. The summed E-state index contributed by atoms with van der Waals surface area (Å²) >= 11 is 0. The smallest absolute Gasteiger partial charge is 0.0339 e. The zero-order chi connectivity index (χ0) is 6.97. The molecule has 0 atom stereocenters. The quantitative estimate of drug-likeness (QED) is 0.405. The van der Waals surface area contributed by atoms with Crippen molar-refractivity contribution in [2.24, 2.45) is 0 Å². The van der Waals surface area contributed by atoms with E-state index in [1.54, 1.807) is 24.7 Å². The van der Waals surface area contributed by atoms with E-state index in [1.165, 1.54) is 0 Å². The van der Waals surface area contributed by atoms with Crippen LogP contribution in [0.3, 0.4) is 0 Å². The van der Waals surface area contributed by atoms with Gasteiger partial charge in [0.1, 0.15) is 0 Å². The van der Waals surface area contributed by atoms with Crippen LogP contribution in [-0.2, 0) is 14.8 Å². The molecular formula is C6H5N2OS-. The monoisotopic (exact) mass is 153 g/mol. The van der Waals surface area contributed by atoms with E-state index in [2.05, 4.69) is 9.71 Å². The molecule has 10 heavy (non-hydrogen) atoms. The first-order valence-corrected chi connectivity index (χ1v) is 3.98. The molecule has 1 aromatic heterocycles. The molecule has 0 bridgehead atoms. The Morgan fingerprint density at radius 1 is 1.60 bits per heavy atom. The molecule has 0 radical (unpaired) electrons. The van der Waals surface area contributed by atoms with Crippen LogP contribution in [0, 0.1) is 4.51 Å².